The summed E-state index contributed by atoms with van der Waals surface area (Å²) >= 11 is 7.36. The summed E-state index contributed by atoms with van der Waals surface area (Å²) in [7, 11) is 0. The van der Waals surface area contributed by atoms with Gasteiger partial charge in [-0.25, -0.2) is 0 Å². The van der Waals surface area contributed by atoms with Gasteiger partial charge in [0.1, 0.15) is 5.75 Å². The lowest BCUT2D eigenvalue weighted by Crippen LogP contribution is -2.48. The summed E-state index contributed by atoms with van der Waals surface area (Å²) in [5.41, 5.74) is 0.605. The van der Waals surface area contributed by atoms with Crippen molar-refractivity contribution in [3.8, 4) is 5.75 Å². The van der Waals surface area contributed by atoms with Crippen molar-refractivity contribution < 1.29 is 18.3 Å². The number of nitrogens with zero attached hydrogens (tertiary/aromatic N) is 7. The van der Waals surface area contributed by atoms with Crippen molar-refractivity contribution >= 4 is 44.9 Å². The zero-order valence-electron chi connectivity index (χ0n) is 21.0. The molecule has 11 nitrogen and oxygen atoms in total. The molecule has 0 saturated carbocycles. The van der Waals surface area contributed by atoms with Gasteiger partial charge in [0.05, 0.1) is 6.54 Å². The summed E-state index contributed by atoms with van der Waals surface area (Å²) in [5, 5.41) is 24.1. The van der Waals surface area contributed by atoms with Crippen LogP contribution < -0.4 is 20.3 Å². The van der Waals surface area contributed by atoms with Gasteiger partial charge in [0.2, 0.25) is 16.2 Å². The fraction of sp³-hybridized carbons (Fsp3) is 0.458. The highest BCUT2D eigenvalue weighted by Crippen LogP contribution is 2.27. The highest BCUT2D eigenvalue weighted by atomic mass is 35.5. The normalized spacial score (nSPS) is 18.5. The van der Waals surface area contributed by atoms with Gasteiger partial charge in [0, 0.05) is 68.6 Å². The average Bonchev–Trinajstić information content (AvgIpc) is 3.57. The van der Waals surface area contributed by atoms with Gasteiger partial charge in [-0.05, 0) is 36.8 Å². The monoisotopic (exact) mass is 579 g/mol. The molecule has 1 amide bonds. The molecule has 1 atom stereocenters. The fourth-order valence-corrected chi connectivity index (χ4v) is 5.58. The van der Waals surface area contributed by atoms with E-state index in [-0.39, 0.29) is 24.2 Å². The quantitative estimate of drug-likeness (QED) is 0.372. The van der Waals surface area contributed by atoms with Crippen LogP contribution in [0.5, 0.6) is 5.75 Å². The Morgan fingerprint density at radius 3 is 2.67 bits per heavy atom. The maximum atomic E-state index is 12.7. The SMILES string of the molecule is O=C(CN1CCN(Cc2cc(Cl)ccc2OC(F)F)CC1)Nc1nnc(N[C@@H]2CCN(c3cccnn3)C2)s1. The minimum Gasteiger partial charge on any atom is -0.434 e. The Morgan fingerprint density at radius 2 is 1.90 bits per heavy atom. The average molecular weight is 580 g/mol. The lowest BCUT2D eigenvalue weighted by molar-refractivity contribution is -0.117. The molecule has 15 heteroatoms. The summed E-state index contributed by atoms with van der Waals surface area (Å²) in [6.07, 6.45) is 2.59. The van der Waals surface area contributed by atoms with Crippen LogP contribution in [0.4, 0.5) is 24.9 Å². The Bertz CT molecular complexity index is 1250. The number of piperazine rings is 1. The molecule has 208 valence electrons. The van der Waals surface area contributed by atoms with E-state index in [4.69, 9.17) is 11.6 Å². The van der Waals surface area contributed by atoms with Crippen LogP contribution in [0.3, 0.4) is 0 Å². The van der Waals surface area contributed by atoms with Crippen LogP contribution in [-0.2, 0) is 11.3 Å². The smallest absolute Gasteiger partial charge is 0.387 e. The van der Waals surface area contributed by atoms with Gasteiger partial charge in [-0.3, -0.25) is 19.9 Å². The van der Waals surface area contributed by atoms with Crippen LogP contribution in [0.15, 0.2) is 36.5 Å². The number of amides is 1. The van der Waals surface area contributed by atoms with Crippen molar-refractivity contribution in [1.82, 2.24) is 30.2 Å². The number of hydrogen-bond donors (Lipinski definition) is 2. The first-order chi connectivity index (χ1) is 18.9. The van der Waals surface area contributed by atoms with E-state index in [1.165, 1.54) is 23.5 Å². The van der Waals surface area contributed by atoms with Gasteiger partial charge in [0.15, 0.2) is 5.82 Å². The molecule has 39 heavy (non-hydrogen) atoms. The number of ether oxygens (including phenoxy) is 1. The van der Waals surface area contributed by atoms with Crippen LogP contribution in [0.25, 0.3) is 0 Å². The Labute approximate surface area is 233 Å². The van der Waals surface area contributed by atoms with E-state index in [0.29, 0.717) is 53.6 Å². The van der Waals surface area contributed by atoms with Crippen LogP contribution in [-0.4, -0.2) is 94.6 Å². The van der Waals surface area contributed by atoms with Crippen molar-refractivity contribution in [2.75, 3.05) is 61.3 Å². The first kappa shape index (κ1) is 27.4. The topological polar surface area (TPSA) is 112 Å². The summed E-state index contributed by atoms with van der Waals surface area (Å²) in [4.78, 5) is 19.0. The molecular formula is C24H28ClF2N9O2S. The molecule has 2 N–H and O–H groups in total. The van der Waals surface area contributed by atoms with Crippen molar-refractivity contribution in [3.05, 3.63) is 47.1 Å². The number of anilines is 3. The van der Waals surface area contributed by atoms with Crippen LogP contribution in [0, 0.1) is 0 Å². The molecular weight excluding hydrogens is 552 g/mol. The van der Waals surface area contributed by atoms with Crippen LogP contribution >= 0.6 is 22.9 Å². The molecule has 2 fully saturated rings. The Kier molecular flexibility index (Phi) is 8.96. The minimum atomic E-state index is -2.90. The number of rotatable bonds is 10. The number of aromatic nitrogens is 4. The maximum absolute atomic E-state index is 12.7. The van der Waals surface area contributed by atoms with Crippen molar-refractivity contribution in [2.45, 2.75) is 25.6 Å². The largest absolute Gasteiger partial charge is 0.434 e. The molecule has 2 saturated heterocycles. The van der Waals surface area contributed by atoms with E-state index in [2.05, 4.69) is 45.6 Å². The Balaban J connectivity index is 1.04. The third kappa shape index (κ3) is 7.68. The molecule has 0 bridgehead atoms. The summed E-state index contributed by atoms with van der Waals surface area (Å²) in [6, 6.07) is 8.64. The van der Waals surface area contributed by atoms with Gasteiger partial charge in [0.25, 0.3) is 0 Å². The number of alkyl halides is 2. The second-order valence-electron chi connectivity index (χ2n) is 9.30. The molecule has 2 aliphatic rings. The Morgan fingerprint density at radius 1 is 1.10 bits per heavy atom. The standard InChI is InChI=1S/C24H28ClF2N9O2S/c25-17-3-4-19(38-22(26)27)16(12-17)13-34-8-10-35(11-9-34)15-21(37)30-24-33-32-23(39-24)29-18-5-7-36(14-18)20-2-1-6-28-31-20/h1-4,6,12,18,22H,5,7-11,13-15H2,(H,29,32)(H,30,33,37)/t18-/m1/s1. The summed E-state index contributed by atoms with van der Waals surface area (Å²) in [5.74, 6) is 0.809. The third-order valence-electron chi connectivity index (χ3n) is 6.53. The fourth-order valence-electron chi connectivity index (χ4n) is 4.65. The molecule has 5 rings (SSSR count). The predicted molar refractivity (Wildman–Crippen MR) is 145 cm³/mol. The van der Waals surface area contributed by atoms with Crippen molar-refractivity contribution in [3.63, 3.8) is 0 Å². The zero-order valence-corrected chi connectivity index (χ0v) is 22.5. The first-order valence-corrected chi connectivity index (χ1v) is 13.7. The van der Waals surface area contributed by atoms with Crippen LogP contribution in [0.1, 0.15) is 12.0 Å². The number of hydrogen-bond acceptors (Lipinski definition) is 11. The van der Waals surface area contributed by atoms with E-state index in [0.717, 1.165) is 25.3 Å². The molecule has 0 unspecified atom stereocenters. The molecule has 3 aromatic rings. The highest BCUT2D eigenvalue weighted by Gasteiger charge is 2.25. The molecule has 0 aliphatic carbocycles. The molecule has 0 spiro atoms. The van der Waals surface area contributed by atoms with E-state index in [9.17, 15) is 13.6 Å². The van der Waals surface area contributed by atoms with Gasteiger partial charge < -0.3 is 15.0 Å². The molecule has 0 radical (unpaired) electrons. The Hall–Kier alpha value is -3.20. The number of nitrogens with one attached hydrogen (secondary N) is 2. The lowest BCUT2D eigenvalue weighted by atomic mass is 10.1. The van der Waals surface area contributed by atoms with Crippen molar-refractivity contribution in [2.24, 2.45) is 0 Å². The zero-order chi connectivity index (χ0) is 27.2. The van der Waals surface area contributed by atoms with Gasteiger partial charge in [-0.15, -0.1) is 15.3 Å². The highest BCUT2D eigenvalue weighted by molar-refractivity contribution is 7.19. The lowest BCUT2D eigenvalue weighted by Gasteiger charge is -2.34. The van der Waals surface area contributed by atoms with Gasteiger partial charge in [-0.2, -0.15) is 13.9 Å². The second-order valence-corrected chi connectivity index (χ2v) is 10.7. The van der Waals surface area contributed by atoms with E-state index in [1.54, 1.807) is 12.3 Å². The van der Waals surface area contributed by atoms with E-state index < -0.39 is 6.61 Å². The number of benzene rings is 1. The minimum absolute atomic E-state index is 0.123. The summed E-state index contributed by atoms with van der Waals surface area (Å²) in [6.45, 7) is 2.07. The van der Waals surface area contributed by atoms with Gasteiger partial charge in [-0.1, -0.05) is 22.9 Å². The first-order valence-electron chi connectivity index (χ1n) is 12.5. The second kappa shape index (κ2) is 12.8. The summed E-state index contributed by atoms with van der Waals surface area (Å²) < 4.78 is 30.1. The number of carbonyl (C=O) groups excluding carboxylic acids is 1. The molecule has 4 heterocycles. The molecule has 1 aromatic carbocycles. The van der Waals surface area contributed by atoms with Gasteiger partial charge >= 0.3 is 6.61 Å². The molecule has 2 aliphatic heterocycles. The predicted octanol–water partition coefficient (Wildman–Crippen LogP) is 3.03. The van der Waals surface area contributed by atoms with Crippen LogP contribution in [0.2, 0.25) is 5.02 Å². The number of halogens is 3. The molecule has 2 aromatic heterocycles. The maximum Gasteiger partial charge on any atom is 0.387 e. The van der Waals surface area contributed by atoms with E-state index in [1.807, 2.05) is 17.0 Å². The van der Waals surface area contributed by atoms with E-state index >= 15 is 0 Å². The van der Waals surface area contributed by atoms with Crippen molar-refractivity contribution in [1.29, 1.82) is 0 Å². The third-order valence-corrected chi connectivity index (χ3v) is 7.54. The number of carbonyl (C=O) groups is 1.